The number of hydrogen-bond donors (Lipinski definition) is 0. The van der Waals surface area contributed by atoms with Crippen LogP contribution in [0.15, 0.2) is 18.2 Å². The minimum absolute atomic E-state index is 0.683. The van der Waals surface area contributed by atoms with E-state index in [9.17, 15) is 5.26 Å². The van der Waals surface area contributed by atoms with E-state index in [0.29, 0.717) is 5.69 Å². The van der Waals surface area contributed by atoms with Gasteiger partial charge in [0.25, 0.3) is 0 Å². The Labute approximate surface area is 114 Å². The van der Waals surface area contributed by atoms with Crippen molar-refractivity contribution in [3.8, 4) is 6.07 Å². The van der Waals surface area contributed by atoms with Crippen LogP contribution in [0.25, 0.3) is 0 Å². The molecule has 0 spiro atoms. The Morgan fingerprint density at radius 1 is 1.21 bits per heavy atom. The highest BCUT2D eigenvalue weighted by Gasteiger charge is 2.12. The van der Waals surface area contributed by atoms with Gasteiger partial charge in [0.2, 0.25) is 0 Å². The number of rotatable bonds is 3. The smallest absolute Gasteiger partial charge is 0.143 e. The summed E-state index contributed by atoms with van der Waals surface area (Å²) in [5.74, 6) is 0.896. The molecule has 0 atom stereocenters. The Kier molecular flexibility index (Phi) is 3.71. The van der Waals surface area contributed by atoms with Gasteiger partial charge in [0, 0.05) is 7.05 Å². The van der Waals surface area contributed by atoms with Gasteiger partial charge in [-0.2, -0.15) is 5.26 Å². The number of hydrogen-bond acceptors (Lipinski definition) is 2. The number of imidazole rings is 1. The van der Waals surface area contributed by atoms with Crippen LogP contribution >= 0.6 is 0 Å². The van der Waals surface area contributed by atoms with Crippen LogP contribution in [0.3, 0.4) is 0 Å². The summed E-state index contributed by atoms with van der Waals surface area (Å²) >= 11 is 0. The summed E-state index contributed by atoms with van der Waals surface area (Å²) in [7, 11) is 1.89. The average molecular weight is 253 g/mol. The normalized spacial score (nSPS) is 10.5. The van der Waals surface area contributed by atoms with Gasteiger partial charge in [-0.15, -0.1) is 0 Å². The standard InChI is InChI=1S/C16H19N3/c1-11-5-6-12(2)14(9-11)7-8-15-16(10-17)19(4)13(3)18-15/h5-6,9H,7-8H2,1-4H3. The second-order valence-corrected chi connectivity index (χ2v) is 5.06. The molecule has 0 saturated carbocycles. The van der Waals surface area contributed by atoms with Crippen molar-refractivity contribution in [2.75, 3.05) is 0 Å². The molecule has 98 valence electrons. The van der Waals surface area contributed by atoms with E-state index in [1.54, 1.807) is 0 Å². The van der Waals surface area contributed by atoms with Crippen molar-refractivity contribution < 1.29 is 0 Å². The van der Waals surface area contributed by atoms with Crippen LogP contribution in [0.4, 0.5) is 0 Å². The maximum absolute atomic E-state index is 9.20. The van der Waals surface area contributed by atoms with Gasteiger partial charge < -0.3 is 4.57 Å². The fourth-order valence-electron chi connectivity index (χ4n) is 2.32. The molecule has 1 aromatic carbocycles. The molecule has 1 heterocycles. The topological polar surface area (TPSA) is 41.6 Å². The van der Waals surface area contributed by atoms with Crippen molar-refractivity contribution in [3.63, 3.8) is 0 Å². The number of nitrogens with zero attached hydrogens (tertiary/aromatic N) is 3. The van der Waals surface area contributed by atoms with E-state index in [1.165, 1.54) is 16.7 Å². The highest BCUT2D eigenvalue weighted by atomic mass is 15.1. The Morgan fingerprint density at radius 2 is 1.95 bits per heavy atom. The average Bonchev–Trinajstić information content (AvgIpc) is 2.66. The first-order valence-electron chi connectivity index (χ1n) is 6.51. The quantitative estimate of drug-likeness (QED) is 0.843. The summed E-state index contributed by atoms with van der Waals surface area (Å²) in [5.41, 5.74) is 5.51. The summed E-state index contributed by atoms with van der Waals surface area (Å²) < 4.78 is 1.86. The van der Waals surface area contributed by atoms with Gasteiger partial charge >= 0.3 is 0 Å². The zero-order chi connectivity index (χ0) is 14.0. The minimum atomic E-state index is 0.683. The molecule has 2 aromatic rings. The van der Waals surface area contributed by atoms with Crippen LogP contribution < -0.4 is 0 Å². The van der Waals surface area contributed by atoms with E-state index >= 15 is 0 Å². The molecule has 2 rings (SSSR count). The molecular weight excluding hydrogens is 234 g/mol. The Hall–Kier alpha value is -2.08. The molecule has 0 fully saturated rings. The van der Waals surface area contributed by atoms with E-state index in [4.69, 9.17) is 0 Å². The van der Waals surface area contributed by atoms with E-state index in [2.05, 4.69) is 43.1 Å². The van der Waals surface area contributed by atoms with Gasteiger partial charge in [0.05, 0.1) is 5.69 Å². The lowest BCUT2D eigenvalue weighted by molar-refractivity contribution is 0.844. The third kappa shape index (κ3) is 2.68. The zero-order valence-corrected chi connectivity index (χ0v) is 12.0. The Morgan fingerprint density at radius 3 is 2.63 bits per heavy atom. The molecule has 0 bridgehead atoms. The van der Waals surface area contributed by atoms with E-state index < -0.39 is 0 Å². The fourth-order valence-corrected chi connectivity index (χ4v) is 2.32. The largest absolute Gasteiger partial charge is 0.323 e. The monoisotopic (exact) mass is 253 g/mol. The highest BCUT2D eigenvalue weighted by Crippen LogP contribution is 2.16. The van der Waals surface area contributed by atoms with E-state index in [1.807, 2.05) is 18.5 Å². The molecule has 0 saturated heterocycles. The van der Waals surface area contributed by atoms with Crippen molar-refractivity contribution >= 4 is 0 Å². The molecular formula is C16H19N3. The second-order valence-electron chi connectivity index (χ2n) is 5.06. The number of aromatic nitrogens is 2. The predicted octanol–water partition coefficient (Wildman–Crippen LogP) is 3.00. The molecule has 3 heteroatoms. The lowest BCUT2D eigenvalue weighted by atomic mass is 10.0. The van der Waals surface area contributed by atoms with E-state index in [0.717, 1.165) is 24.4 Å². The van der Waals surface area contributed by atoms with Crippen LogP contribution in [0.1, 0.15) is 33.9 Å². The van der Waals surface area contributed by atoms with Crippen LogP contribution in [0.2, 0.25) is 0 Å². The molecule has 1 aromatic heterocycles. The van der Waals surface area contributed by atoms with E-state index in [-0.39, 0.29) is 0 Å². The summed E-state index contributed by atoms with van der Waals surface area (Å²) in [4.78, 5) is 4.49. The lowest BCUT2D eigenvalue weighted by Crippen LogP contribution is -1.99. The van der Waals surface area contributed by atoms with Crippen molar-refractivity contribution in [2.45, 2.75) is 33.6 Å². The molecule has 3 nitrogen and oxygen atoms in total. The van der Waals surface area contributed by atoms with Gasteiger partial charge in [-0.05, 0) is 44.7 Å². The Balaban J connectivity index is 2.22. The molecule has 0 aliphatic carbocycles. The van der Waals surface area contributed by atoms with Crippen molar-refractivity contribution in [2.24, 2.45) is 7.05 Å². The third-order valence-corrected chi connectivity index (χ3v) is 3.63. The predicted molar refractivity (Wildman–Crippen MR) is 76.0 cm³/mol. The molecule has 19 heavy (non-hydrogen) atoms. The first-order valence-corrected chi connectivity index (χ1v) is 6.51. The number of benzene rings is 1. The maximum atomic E-state index is 9.20. The number of aryl methyl sites for hydroxylation is 5. The van der Waals surface area contributed by atoms with Gasteiger partial charge in [-0.3, -0.25) is 0 Å². The molecule has 0 amide bonds. The molecule has 0 radical (unpaired) electrons. The van der Waals surface area contributed by atoms with Crippen molar-refractivity contribution in [1.29, 1.82) is 5.26 Å². The van der Waals surface area contributed by atoms with Gasteiger partial charge in [0.1, 0.15) is 17.6 Å². The summed E-state index contributed by atoms with van der Waals surface area (Å²) in [6, 6.07) is 8.75. The summed E-state index contributed by atoms with van der Waals surface area (Å²) in [6.45, 7) is 6.17. The Bertz CT molecular complexity index is 645. The van der Waals surface area contributed by atoms with Crippen molar-refractivity contribution in [1.82, 2.24) is 9.55 Å². The molecule has 0 unspecified atom stereocenters. The second kappa shape index (κ2) is 5.27. The highest BCUT2D eigenvalue weighted by molar-refractivity contribution is 5.33. The first kappa shape index (κ1) is 13.4. The minimum Gasteiger partial charge on any atom is -0.323 e. The van der Waals surface area contributed by atoms with Gasteiger partial charge in [0.15, 0.2) is 0 Å². The first-order chi connectivity index (χ1) is 9.02. The van der Waals surface area contributed by atoms with Crippen LogP contribution in [-0.4, -0.2) is 9.55 Å². The lowest BCUT2D eigenvalue weighted by Gasteiger charge is -2.06. The maximum Gasteiger partial charge on any atom is 0.143 e. The summed E-state index contributed by atoms with van der Waals surface area (Å²) in [5, 5.41) is 9.20. The third-order valence-electron chi connectivity index (χ3n) is 3.63. The van der Waals surface area contributed by atoms with Crippen LogP contribution in [-0.2, 0) is 19.9 Å². The number of nitriles is 1. The summed E-state index contributed by atoms with van der Waals surface area (Å²) in [6.07, 6.45) is 1.74. The van der Waals surface area contributed by atoms with Gasteiger partial charge in [-0.1, -0.05) is 23.8 Å². The fraction of sp³-hybridized carbons (Fsp3) is 0.375. The molecule has 0 aliphatic heterocycles. The van der Waals surface area contributed by atoms with Crippen LogP contribution in [0, 0.1) is 32.1 Å². The van der Waals surface area contributed by atoms with Crippen molar-refractivity contribution in [3.05, 3.63) is 52.1 Å². The molecule has 0 N–H and O–H groups in total. The zero-order valence-electron chi connectivity index (χ0n) is 12.0. The molecule has 0 aliphatic rings. The SMILES string of the molecule is Cc1ccc(C)c(CCc2nc(C)n(C)c2C#N)c1. The van der Waals surface area contributed by atoms with Gasteiger partial charge in [-0.25, -0.2) is 4.98 Å². The van der Waals surface area contributed by atoms with Crippen LogP contribution in [0.5, 0.6) is 0 Å².